The lowest BCUT2D eigenvalue weighted by Crippen LogP contribution is -2.27. The molecule has 4 nitrogen and oxygen atoms in total. The molecule has 2 N–H and O–H groups in total. The van der Waals surface area contributed by atoms with E-state index in [9.17, 15) is 15.0 Å². The number of carbonyl (C=O) groups is 1. The molecule has 1 aliphatic heterocycles. The van der Waals surface area contributed by atoms with Crippen LogP contribution in [0.3, 0.4) is 0 Å². The number of carbonyl (C=O) groups excluding carboxylic acids is 1. The van der Waals surface area contributed by atoms with Gasteiger partial charge in [-0.1, -0.05) is 50.0 Å². The van der Waals surface area contributed by atoms with Gasteiger partial charge >= 0.3 is 0 Å². The Hall–Kier alpha value is -0.780. The van der Waals surface area contributed by atoms with Gasteiger partial charge in [-0.25, -0.2) is 0 Å². The lowest BCUT2D eigenvalue weighted by molar-refractivity contribution is -0.129. The molecule has 0 spiro atoms. The van der Waals surface area contributed by atoms with Crippen molar-refractivity contribution < 1.29 is 15.0 Å². The van der Waals surface area contributed by atoms with Gasteiger partial charge < -0.3 is 15.1 Å². The van der Waals surface area contributed by atoms with Crippen LogP contribution >= 0.6 is 11.8 Å². The topological polar surface area (TPSA) is 60.8 Å². The van der Waals surface area contributed by atoms with Crippen molar-refractivity contribution >= 4 is 17.7 Å². The Labute approximate surface area is 180 Å². The van der Waals surface area contributed by atoms with Crippen molar-refractivity contribution in [3.8, 4) is 0 Å². The van der Waals surface area contributed by atoms with Gasteiger partial charge in [-0.15, -0.1) is 0 Å². The molecule has 0 aromatic carbocycles. The highest BCUT2D eigenvalue weighted by Gasteiger charge is 2.43. The number of hydrogen-bond donors (Lipinski definition) is 2. The van der Waals surface area contributed by atoms with Crippen molar-refractivity contribution in [2.45, 2.75) is 76.9 Å². The zero-order chi connectivity index (χ0) is 20.6. The number of rotatable bonds is 11. The van der Waals surface area contributed by atoms with Crippen LogP contribution in [0.2, 0.25) is 0 Å². The first-order chi connectivity index (χ1) is 14.1. The zero-order valence-electron chi connectivity index (χ0n) is 18.0. The Balaban J connectivity index is 1.38. The standard InChI is InChI=1S/C24H39NO3S/c1-2-3-4-7-20(26)8-9-21-22-15-18(14-19(22)16-23(21)27)17-29-13-10-24(28)25-11-5-6-12-25/h8-9,14,19-23,26-27H,2-7,10-13,15-17H2,1H3/t19-,20-,21+,22-,23+/m0/s1. The molecule has 0 aromatic heterocycles. The molecule has 29 heavy (non-hydrogen) atoms. The highest BCUT2D eigenvalue weighted by molar-refractivity contribution is 7.99. The first kappa shape index (κ1) is 22.9. The number of nitrogens with zero attached hydrogens (tertiary/aromatic N) is 1. The summed E-state index contributed by atoms with van der Waals surface area (Å²) in [5.41, 5.74) is 1.48. The smallest absolute Gasteiger partial charge is 0.223 e. The van der Waals surface area contributed by atoms with Crippen molar-refractivity contribution in [3.63, 3.8) is 0 Å². The van der Waals surface area contributed by atoms with Crippen molar-refractivity contribution in [2.24, 2.45) is 17.8 Å². The maximum Gasteiger partial charge on any atom is 0.223 e. The van der Waals surface area contributed by atoms with Gasteiger partial charge in [-0.3, -0.25) is 4.79 Å². The minimum Gasteiger partial charge on any atom is -0.392 e. The number of amides is 1. The van der Waals surface area contributed by atoms with Crippen molar-refractivity contribution in [1.29, 1.82) is 0 Å². The van der Waals surface area contributed by atoms with Gasteiger partial charge in [0.05, 0.1) is 12.2 Å². The van der Waals surface area contributed by atoms with Crippen LogP contribution in [0.4, 0.5) is 0 Å². The Morgan fingerprint density at radius 2 is 2.14 bits per heavy atom. The monoisotopic (exact) mass is 421 g/mol. The fourth-order valence-electron chi connectivity index (χ4n) is 5.16. The summed E-state index contributed by atoms with van der Waals surface area (Å²) in [7, 11) is 0. The lowest BCUT2D eigenvalue weighted by Gasteiger charge is -2.19. The highest BCUT2D eigenvalue weighted by Crippen LogP contribution is 2.47. The molecule has 2 fully saturated rings. The summed E-state index contributed by atoms with van der Waals surface area (Å²) in [5, 5.41) is 20.6. The third-order valence-electron chi connectivity index (χ3n) is 6.82. The molecule has 1 saturated heterocycles. The summed E-state index contributed by atoms with van der Waals surface area (Å²) in [4.78, 5) is 14.1. The van der Waals surface area contributed by atoms with Crippen LogP contribution in [0.5, 0.6) is 0 Å². The van der Waals surface area contributed by atoms with Gasteiger partial charge in [0.25, 0.3) is 0 Å². The Kier molecular flexibility index (Phi) is 9.13. The number of thioether (sulfide) groups is 1. The van der Waals surface area contributed by atoms with Crippen LogP contribution in [0.1, 0.15) is 64.7 Å². The largest absolute Gasteiger partial charge is 0.392 e. The van der Waals surface area contributed by atoms with E-state index in [-0.39, 0.29) is 18.1 Å². The molecule has 1 saturated carbocycles. The van der Waals surface area contributed by atoms with E-state index in [1.165, 1.54) is 12.0 Å². The summed E-state index contributed by atoms with van der Waals surface area (Å²) in [6.45, 7) is 4.07. The molecular formula is C24H39NO3S. The minimum absolute atomic E-state index is 0.163. The lowest BCUT2D eigenvalue weighted by atomic mass is 9.89. The van der Waals surface area contributed by atoms with Crippen LogP contribution in [0.25, 0.3) is 0 Å². The molecule has 3 rings (SSSR count). The molecule has 1 heterocycles. The average molecular weight is 422 g/mol. The first-order valence-corrected chi connectivity index (χ1v) is 12.8. The number of allylic oxidation sites excluding steroid dienone is 1. The molecular weight excluding hydrogens is 382 g/mol. The predicted octanol–water partition coefficient (Wildman–Crippen LogP) is 4.17. The van der Waals surface area contributed by atoms with Gasteiger partial charge in [0.15, 0.2) is 0 Å². The summed E-state index contributed by atoms with van der Waals surface area (Å²) < 4.78 is 0. The maximum absolute atomic E-state index is 12.1. The summed E-state index contributed by atoms with van der Waals surface area (Å²) >= 11 is 1.87. The van der Waals surface area contributed by atoms with Gasteiger partial charge in [0.1, 0.15) is 0 Å². The molecule has 3 aliphatic rings. The summed E-state index contributed by atoms with van der Waals surface area (Å²) in [6.07, 6.45) is 14.8. The number of hydrogen-bond acceptors (Lipinski definition) is 4. The number of aliphatic hydroxyl groups excluding tert-OH is 2. The number of fused-ring (bicyclic) bond motifs is 1. The SMILES string of the molecule is CCCCC[C@H](O)C=C[C@@H]1[C@H]2CC(CSCCC(=O)N3CCCC3)=C[C@H]2C[C@H]1O. The van der Waals surface area contributed by atoms with Gasteiger partial charge in [0, 0.05) is 36.9 Å². The molecule has 164 valence electrons. The van der Waals surface area contributed by atoms with E-state index in [0.717, 1.165) is 69.5 Å². The van der Waals surface area contributed by atoms with Gasteiger partial charge in [-0.05, 0) is 43.9 Å². The summed E-state index contributed by atoms with van der Waals surface area (Å²) in [5.74, 6) is 3.34. The molecule has 5 atom stereocenters. The van der Waals surface area contributed by atoms with Crippen molar-refractivity contribution in [2.75, 3.05) is 24.6 Å². The van der Waals surface area contributed by atoms with E-state index in [1.54, 1.807) is 0 Å². The summed E-state index contributed by atoms with van der Waals surface area (Å²) in [6, 6.07) is 0. The fourth-order valence-corrected chi connectivity index (χ4v) is 6.10. The number of unbranched alkanes of at least 4 members (excludes halogenated alkanes) is 2. The molecule has 0 unspecified atom stereocenters. The van der Waals surface area contributed by atoms with E-state index >= 15 is 0 Å². The van der Waals surface area contributed by atoms with E-state index < -0.39 is 0 Å². The highest BCUT2D eigenvalue weighted by atomic mass is 32.2. The number of aliphatic hydroxyl groups is 2. The Morgan fingerprint density at radius 3 is 2.90 bits per heavy atom. The van der Waals surface area contributed by atoms with Crippen LogP contribution in [-0.4, -0.2) is 57.8 Å². The molecule has 0 bridgehead atoms. The third-order valence-corrected chi connectivity index (χ3v) is 7.88. The van der Waals surface area contributed by atoms with Crippen LogP contribution in [0, 0.1) is 17.8 Å². The first-order valence-electron chi connectivity index (χ1n) is 11.7. The van der Waals surface area contributed by atoms with Crippen molar-refractivity contribution in [3.05, 3.63) is 23.8 Å². The molecule has 5 heteroatoms. The molecule has 0 aromatic rings. The third kappa shape index (κ3) is 6.60. The Morgan fingerprint density at radius 1 is 1.34 bits per heavy atom. The number of likely N-dealkylation sites (tertiary alicyclic amines) is 1. The van der Waals surface area contributed by atoms with Crippen LogP contribution in [0.15, 0.2) is 23.8 Å². The van der Waals surface area contributed by atoms with Gasteiger partial charge in [-0.2, -0.15) is 11.8 Å². The van der Waals surface area contributed by atoms with E-state index in [2.05, 4.69) is 19.1 Å². The minimum atomic E-state index is -0.384. The maximum atomic E-state index is 12.1. The average Bonchev–Trinajstić information content (AvgIpc) is 3.41. The van der Waals surface area contributed by atoms with E-state index in [1.807, 2.05) is 22.7 Å². The molecule has 2 aliphatic carbocycles. The van der Waals surface area contributed by atoms with E-state index in [4.69, 9.17) is 0 Å². The van der Waals surface area contributed by atoms with Crippen molar-refractivity contribution in [1.82, 2.24) is 4.90 Å². The molecule has 0 radical (unpaired) electrons. The van der Waals surface area contributed by atoms with Gasteiger partial charge in [0.2, 0.25) is 5.91 Å². The second kappa shape index (κ2) is 11.6. The zero-order valence-corrected chi connectivity index (χ0v) is 18.8. The molecule has 1 amide bonds. The predicted molar refractivity (Wildman–Crippen MR) is 121 cm³/mol. The second-order valence-corrected chi connectivity index (χ2v) is 10.2. The van der Waals surface area contributed by atoms with Crippen LogP contribution < -0.4 is 0 Å². The second-order valence-electron chi connectivity index (χ2n) is 9.08. The quantitative estimate of drug-likeness (QED) is 0.388. The van der Waals surface area contributed by atoms with E-state index in [0.29, 0.717) is 24.2 Å². The fraction of sp³-hybridized carbons (Fsp3) is 0.792. The Bertz CT molecular complexity index is 585. The van der Waals surface area contributed by atoms with Crippen LogP contribution in [-0.2, 0) is 4.79 Å². The normalized spacial score (nSPS) is 30.2.